The van der Waals surface area contributed by atoms with Gasteiger partial charge in [-0.15, -0.1) is 0 Å². The highest BCUT2D eigenvalue weighted by Crippen LogP contribution is 2.23. The molecule has 8 nitrogen and oxygen atoms in total. The lowest BCUT2D eigenvalue weighted by molar-refractivity contribution is -0.117. The number of anilines is 4. The van der Waals surface area contributed by atoms with Crippen LogP contribution in [0.1, 0.15) is 13.3 Å². The van der Waals surface area contributed by atoms with Gasteiger partial charge in [-0.1, -0.05) is 6.07 Å². The number of benzene rings is 1. The minimum Gasteiger partial charge on any atom is -0.369 e. The van der Waals surface area contributed by atoms with Crippen molar-refractivity contribution in [2.45, 2.75) is 19.4 Å². The number of rotatable bonds is 8. The van der Waals surface area contributed by atoms with Crippen LogP contribution in [0, 0.1) is 0 Å². The second-order valence-electron chi connectivity index (χ2n) is 5.44. The maximum Gasteiger partial charge on any atom is 0.240 e. The molecule has 25 heavy (non-hydrogen) atoms. The van der Waals surface area contributed by atoms with E-state index in [0.717, 1.165) is 23.1 Å². The van der Waals surface area contributed by atoms with Crippen LogP contribution in [0.15, 0.2) is 34.9 Å². The lowest BCUT2D eigenvalue weighted by atomic mass is 10.2. The van der Waals surface area contributed by atoms with Crippen molar-refractivity contribution in [1.82, 2.24) is 9.97 Å². The number of hydrogen-bond donors (Lipinski definition) is 5. The van der Waals surface area contributed by atoms with Gasteiger partial charge in [0.1, 0.15) is 5.82 Å². The molecule has 0 saturated heterocycles. The summed E-state index contributed by atoms with van der Waals surface area (Å²) >= 11 is 3.41. The number of carbonyl (C=O) groups is 1. The molecule has 0 unspecified atom stereocenters. The van der Waals surface area contributed by atoms with Crippen LogP contribution in [0.2, 0.25) is 0 Å². The van der Waals surface area contributed by atoms with Gasteiger partial charge in [0.15, 0.2) is 0 Å². The summed E-state index contributed by atoms with van der Waals surface area (Å²) in [6, 6.07) is 6.67. The summed E-state index contributed by atoms with van der Waals surface area (Å²) in [5.74, 6) is 0.880. The van der Waals surface area contributed by atoms with Crippen molar-refractivity contribution >= 4 is 45.0 Å². The standard InChI is InChI=1S/C16H22BrN7O/c1-10(19)15(25)22-11-4-2-5-12(8-11)23-16-21-9-13(17)14(24-16)20-7-3-6-18/h2,4-5,8-10H,3,6-7,18-19H2,1H3,(H,22,25)(H2,20,21,23,24)/t10-/m0/s1. The molecule has 1 aromatic heterocycles. The molecule has 2 rings (SSSR count). The fraction of sp³-hybridized carbons (Fsp3) is 0.312. The normalized spacial score (nSPS) is 11.7. The number of aromatic nitrogens is 2. The molecule has 0 saturated carbocycles. The second kappa shape index (κ2) is 9.30. The van der Waals surface area contributed by atoms with Crippen molar-refractivity contribution < 1.29 is 4.79 Å². The lowest BCUT2D eigenvalue weighted by Gasteiger charge is -2.12. The number of nitrogens with two attached hydrogens (primary N) is 2. The molecule has 2 aromatic rings. The van der Waals surface area contributed by atoms with Crippen LogP contribution in [0.25, 0.3) is 0 Å². The van der Waals surface area contributed by atoms with E-state index >= 15 is 0 Å². The van der Waals surface area contributed by atoms with Crippen molar-refractivity contribution in [3.63, 3.8) is 0 Å². The van der Waals surface area contributed by atoms with E-state index < -0.39 is 6.04 Å². The summed E-state index contributed by atoms with van der Waals surface area (Å²) in [6.45, 7) is 2.97. The van der Waals surface area contributed by atoms with Gasteiger partial charge in [0.25, 0.3) is 0 Å². The molecule has 1 atom stereocenters. The van der Waals surface area contributed by atoms with Gasteiger partial charge in [-0.05, 0) is 54.0 Å². The van der Waals surface area contributed by atoms with Crippen LogP contribution in [0.4, 0.5) is 23.1 Å². The molecular formula is C16H22BrN7O. The molecule has 1 heterocycles. The zero-order valence-electron chi connectivity index (χ0n) is 13.9. The van der Waals surface area contributed by atoms with Gasteiger partial charge < -0.3 is 27.4 Å². The summed E-state index contributed by atoms with van der Waals surface area (Å²) in [6.07, 6.45) is 2.52. The summed E-state index contributed by atoms with van der Waals surface area (Å²) in [5.41, 5.74) is 12.4. The highest BCUT2D eigenvalue weighted by molar-refractivity contribution is 9.10. The van der Waals surface area contributed by atoms with Crippen molar-refractivity contribution in [1.29, 1.82) is 0 Å². The zero-order valence-corrected chi connectivity index (χ0v) is 15.5. The van der Waals surface area contributed by atoms with Gasteiger partial charge in [-0.2, -0.15) is 4.98 Å². The SMILES string of the molecule is C[C@H](N)C(=O)Nc1cccc(Nc2ncc(Br)c(NCCCN)n2)c1. The summed E-state index contributed by atoms with van der Waals surface area (Å²) < 4.78 is 0.771. The summed E-state index contributed by atoms with van der Waals surface area (Å²) in [7, 11) is 0. The van der Waals surface area contributed by atoms with Gasteiger partial charge in [0.2, 0.25) is 11.9 Å². The van der Waals surface area contributed by atoms with Crippen LogP contribution < -0.4 is 27.4 Å². The Balaban J connectivity index is 2.08. The van der Waals surface area contributed by atoms with E-state index in [9.17, 15) is 4.79 Å². The Bertz CT molecular complexity index is 723. The number of halogens is 1. The van der Waals surface area contributed by atoms with Gasteiger partial charge >= 0.3 is 0 Å². The number of hydrogen-bond acceptors (Lipinski definition) is 7. The third kappa shape index (κ3) is 5.96. The molecule has 134 valence electrons. The largest absolute Gasteiger partial charge is 0.369 e. The highest BCUT2D eigenvalue weighted by atomic mass is 79.9. The molecule has 1 amide bonds. The smallest absolute Gasteiger partial charge is 0.240 e. The zero-order chi connectivity index (χ0) is 18.2. The van der Waals surface area contributed by atoms with E-state index in [0.29, 0.717) is 24.0 Å². The molecule has 9 heteroatoms. The molecule has 1 aromatic carbocycles. The first-order valence-electron chi connectivity index (χ1n) is 7.89. The Morgan fingerprint density at radius 2 is 2.12 bits per heavy atom. The summed E-state index contributed by atoms with van der Waals surface area (Å²) in [4.78, 5) is 20.4. The molecule has 0 fully saturated rings. The van der Waals surface area contributed by atoms with E-state index in [2.05, 4.69) is 41.8 Å². The Morgan fingerprint density at radius 3 is 2.84 bits per heavy atom. The molecule has 0 aliphatic carbocycles. The fourth-order valence-corrected chi connectivity index (χ4v) is 2.25. The first kappa shape index (κ1) is 19.1. The molecule has 0 bridgehead atoms. The third-order valence-electron chi connectivity index (χ3n) is 3.22. The number of amides is 1. The Kier molecular flexibility index (Phi) is 7.11. The van der Waals surface area contributed by atoms with E-state index in [-0.39, 0.29) is 5.91 Å². The Morgan fingerprint density at radius 1 is 1.36 bits per heavy atom. The van der Waals surface area contributed by atoms with Gasteiger partial charge in [0, 0.05) is 24.1 Å². The second-order valence-corrected chi connectivity index (χ2v) is 6.30. The molecule has 0 aliphatic rings. The third-order valence-corrected chi connectivity index (χ3v) is 3.80. The molecule has 0 aliphatic heterocycles. The van der Waals surface area contributed by atoms with Gasteiger partial charge in [0.05, 0.1) is 10.5 Å². The van der Waals surface area contributed by atoms with Crippen LogP contribution in [0.3, 0.4) is 0 Å². The van der Waals surface area contributed by atoms with Crippen molar-refractivity contribution in [2.75, 3.05) is 29.0 Å². The molecule has 0 spiro atoms. The van der Waals surface area contributed by atoms with Crippen molar-refractivity contribution in [2.24, 2.45) is 11.5 Å². The molecule has 7 N–H and O–H groups in total. The first-order valence-corrected chi connectivity index (χ1v) is 8.69. The average molecular weight is 408 g/mol. The van der Waals surface area contributed by atoms with Crippen LogP contribution in [-0.2, 0) is 4.79 Å². The Hall–Kier alpha value is -2.23. The number of carbonyl (C=O) groups excluding carboxylic acids is 1. The predicted octanol–water partition coefficient (Wildman–Crippen LogP) is 2.03. The van der Waals surface area contributed by atoms with Crippen molar-refractivity contribution in [3.8, 4) is 0 Å². The highest BCUT2D eigenvalue weighted by Gasteiger charge is 2.09. The first-order chi connectivity index (χ1) is 12.0. The Labute approximate surface area is 154 Å². The van der Waals surface area contributed by atoms with Crippen LogP contribution in [0.5, 0.6) is 0 Å². The van der Waals surface area contributed by atoms with E-state index in [1.807, 2.05) is 12.1 Å². The average Bonchev–Trinajstić information content (AvgIpc) is 2.58. The van der Waals surface area contributed by atoms with Gasteiger partial charge in [-0.3, -0.25) is 4.79 Å². The predicted molar refractivity (Wildman–Crippen MR) is 104 cm³/mol. The van der Waals surface area contributed by atoms with E-state index in [1.165, 1.54) is 0 Å². The lowest BCUT2D eigenvalue weighted by Crippen LogP contribution is -2.32. The number of nitrogens with zero attached hydrogens (tertiary/aromatic N) is 2. The van der Waals surface area contributed by atoms with Crippen molar-refractivity contribution in [3.05, 3.63) is 34.9 Å². The maximum atomic E-state index is 11.7. The number of nitrogens with one attached hydrogen (secondary N) is 3. The fourth-order valence-electron chi connectivity index (χ4n) is 1.92. The molecular weight excluding hydrogens is 386 g/mol. The minimum absolute atomic E-state index is 0.247. The van der Waals surface area contributed by atoms with E-state index in [1.54, 1.807) is 25.3 Å². The van der Waals surface area contributed by atoms with Crippen LogP contribution >= 0.6 is 15.9 Å². The van der Waals surface area contributed by atoms with E-state index in [4.69, 9.17) is 11.5 Å². The monoisotopic (exact) mass is 407 g/mol. The minimum atomic E-state index is -0.575. The summed E-state index contributed by atoms with van der Waals surface area (Å²) in [5, 5.41) is 9.06. The van der Waals surface area contributed by atoms with Crippen LogP contribution in [-0.4, -0.2) is 35.0 Å². The molecule has 0 radical (unpaired) electrons. The quantitative estimate of drug-likeness (QED) is 0.423. The van der Waals surface area contributed by atoms with Gasteiger partial charge in [-0.25, -0.2) is 4.98 Å². The maximum absolute atomic E-state index is 11.7. The topological polar surface area (TPSA) is 131 Å².